The summed E-state index contributed by atoms with van der Waals surface area (Å²) < 4.78 is 1.71. The minimum Gasteiger partial charge on any atom is -0.384 e. The van der Waals surface area contributed by atoms with Gasteiger partial charge in [0.2, 0.25) is 0 Å². The maximum atomic E-state index is 11.1. The highest BCUT2D eigenvalue weighted by Gasteiger charge is 2.33. The standard InChI is InChI=1S/C18H24ClN3O/c1-3-16-14(17(19)22(2)21-16)11-20-12-18(23)10-6-8-13-7-4-5-9-15(13)18/h4-5,7,9,20,23H,3,6,8,10-12H2,1-2H3. The summed E-state index contributed by atoms with van der Waals surface area (Å²) in [5.74, 6) is 0. The molecule has 1 aromatic heterocycles. The molecular formula is C18H24ClN3O. The van der Waals surface area contributed by atoms with Gasteiger partial charge in [-0.05, 0) is 36.8 Å². The molecule has 0 radical (unpaired) electrons. The molecule has 0 amide bonds. The second-order valence-corrected chi connectivity index (χ2v) is 6.70. The van der Waals surface area contributed by atoms with E-state index in [4.69, 9.17) is 11.6 Å². The van der Waals surface area contributed by atoms with Gasteiger partial charge in [0.1, 0.15) is 10.8 Å². The lowest BCUT2D eigenvalue weighted by Gasteiger charge is -2.34. The smallest absolute Gasteiger partial charge is 0.131 e. The molecule has 0 saturated heterocycles. The van der Waals surface area contributed by atoms with Crippen LogP contribution in [0.5, 0.6) is 0 Å². The van der Waals surface area contributed by atoms with E-state index in [0.717, 1.165) is 42.5 Å². The summed E-state index contributed by atoms with van der Waals surface area (Å²) in [7, 11) is 1.86. The largest absolute Gasteiger partial charge is 0.384 e. The van der Waals surface area contributed by atoms with Gasteiger partial charge in [0.25, 0.3) is 0 Å². The van der Waals surface area contributed by atoms with Crippen LogP contribution in [0.25, 0.3) is 0 Å². The van der Waals surface area contributed by atoms with Crippen molar-refractivity contribution in [3.63, 3.8) is 0 Å². The molecule has 2 N–H and O–H groups in total. The summed E-state index contributed by atoms with van der Waals surface area (Å²) in [6.07, 6.45) is 3.71. The topological polar surface area (TPSA) is 50.1 Å². The molecule has 2 aromatic rings. The Bertz CT molecular complexity index is 698. The van der Waals surface area contributed by atoms with Crippen molar-refractivity contribution < 1.29 is 5.11 Å². The van der Waals surface area contributed by atoms with Crippen molar-refractivity contribution in [2.45, 2.75) is 44.8 Å². The van der Waals surface area contributed by atoms with E-state index in [1.54, 1.807) is 4.68 Å². The van der Waals surface area contributed by atoms with Gasteiger partial charge >= 0.3 is 0 Å². The van der Waals surface area contributed by atoms with E-state index in [2.05, 4.69) is 23.4 Å². The van der Waals surface area contributed by atoms with Crippen LogP contribution in [0.1, 0.15) is 42.1 Å². The van der Waals surface area contributed by atoms with E-state index < -0.39 is 5.60 Å². The first-order chi connectivity index (χ1) is 11.0. The first kappa shape index (κ1) is 16.5. The molecule has 5 heteroatoms. The molecule has 0 saturated carbocycles. The Morgan fingerprint density at radius 3 is 2.96 bits per heavy atom. The van der Waals surface area contributed by atoms with Gasteiger partial charge < -0.3 is 10.4 Å². The van der Waals surface area contributed by atoms with Gasteiger partial charge in [-0.3, -0.25) is 4.68 Å². The number of benzene rings is 1. The third-order valence-corrected chi connectivity index (χ3v) is 5.23. The van der Waals surface area contributed by atoms with Crippen molar-refractivity contribution in [1.82, 2.24) is 15.1 Å². The van der Waals surface area contributed by atoms with Crippen molar-refractivity contribution in [2.24, 2.45) is 7.05 Å². The lowest BCUT2D eigenvalue weighted by atomic mass is 9.79. The predicted molar refractivity (Wildman–Crippen MR) is 92.6 cm³/mol. The first-order valence-corrected chi connectivity index (χ1v) is 8.64. The normalized spacial score (nSPS) is 20.5. The average Bonchev–Trinajstić information content (AvgIpc) is 2.83. The number of nitrogens with zero attached hydrogens (tertiary/aromatic N) is 2. The van der Waals surface area contributed by atoms with Crippen LogP contribution in [-0.2, 0) is 32.0 Å². The number of rotatable bonds is 5. The SMILES string of the molecule is CCc1nn(C)c(Cl)c1CNCC1(O)CCCc2ccccc21. The predicted octanol–water partition coefficient (Wildman–Crippen LogP) is 2.95. The van der Waals surface area contributed by atoms with Gasteiger partial charge in [0.05, 0.1) is 5.69 Å². The van der Waals surface area contributed by atoms with Crippen LogP contribution in [0, 0.1) is 0 Å². The van der Waals surface area contributed by atoms with E-state index in [1.165, 1.54) is 5.56 Å². The number of fused-ring (bicyclic) bond motifs is 1. The highest BCUT2D eigenvalue weighted by atomic mass is 35.5. The molecule has 4 nitrogen and oxygen atoms in total. The van der Waals surface area contributed by atoms with Crippen LogP contribution >= 0.6 is 11.6 Å². The maximum absolute atomic E-state index is 11.1. The van der Waals surface area contributed by atoms with Crippen LogP contribution in [-0.4, -0.2) is 21.4 Å². The van der Waals surface area contributed by atoms with Gasteiger partial charge in [0.15, 0.2) is 0 Å². The van der Waals surface area contributed by atoms with E-state index >= 15 is 0 Å². The summed E-state index contributed by atoms with van der Waals surface area (Å²) in [5, 5.41) is 19.6. The molecule has 0 aliphatic heterocycles. The molecule has 124 valence electrons. The van der Waals surface area contributed by atoms with E-state index in [1.807, 2.05) is 25.2 Å². The number of hydrogen-bond acceptors (Lipinski definition) is 3. The molecule has 1 unspecified atom stereocenters. The fourth-order valence-corrected chi connectivity index (χ4v) is 3.75. The molecule has 1 aliphatic rings. The second kappa shape index (κ2) is 6.63. The van der Waals surface area contributed by atoms with Crippen molar-refractivity contribution in [3.05, 3.63) is 51.8 Å². The average molecular weight is 334 g/mol. The summed E-state index contributed by atoms with van der Waals surface area (Å²) in [6, 6.07) is 8.21. The van der Waals surface area contributed by atoms with Crippen LogP contribution in [0.2, 0.25) is 5.15 Å². The highest BCUT2D eigenvalue weighted by Crippen LogP contribution is 2.34. The van der Waals surface area contributed by atoms with Crippen molar-refractivity contribution in [3.8, 4) is 0 Å². The molecule has 1 aromatic carbocycles. The Balaban J connectivity index is 1.72. The van der Waals surface area contributed by atoms with Crippen molar-refractivity contribution >= 4 is 11.6 Å². The monoisotopic (exact) mass is 333 g/mol. The van der Waals surface area contributed by atoms with Gasteiger partial charge in [0, 0.05) is 25.7 Å². The Kier molecular flexibility index (Phi) is 4.76. The second-order valence-electron chi connectivity index (χ2n) is 6.34. The molecule has 3 rings (SSSR count). The van der Waals surface area contributed by atoms with Crippen molar-refractivity contribution in [2.75, 3.05) is 6.54 Å². The fraction of sp³-hybridized carbons (Fsp3) is 0.500. The number of aromatic nitrogens is 2. The number of aliphatic hydroxyl groups is 1. The molecule has 0 spiro atoms. The van der Waals surface area contributed by atoms with Crippen molar-refractivity contribution in [1.29, 1.82) is 0 Å². The third kappa shape index (κ3) is 3.16. The molecule has 0 fully saturated rings. The summed E-state index contributed by atoms with van der Waals surface area (Å²) >= 11 is 6.33. The Hall–Kier alpha value is -1.36. The lowest BCUT2D eigenvalue weighted by Crippen LogP contribution is -2.40. The zero-order valence-electron chi connectivity index (χ0n) is 13.8. The van der Waals surface area contributed by atoms with Crippen LogP contribution in [0.3, 0.4) is 0 Å². The Morgan fingerprint density at radius 1 is 1.39 bits per heavy atom. The first-order valence-electron chi connectivity index (χ1n) is 8.27. The number of aryl methyl sites for hydroxylation is 3. The molecule has 1 aliphatic carbocycles. The highest BCUT2D eigenvalue weighted by molar-refractivity contribution is 6.30. The molecule has 1 heterocycles. The molecule has 0 bridgehead atoms. The minimum absolute atomic E-state index is 0.526. The Labute approximate surface area is 142 Å². The van der Waals surface area contributed by atoms with Crippen LogP contribution < -0.4 is 5.32 Å². The van der Waals surface area contributed by atoms with Gasteiger partial charge in [-0.15, -0.1) is 0 Å². The quantitative estimate of drug-likeness (QED) is 0.884. The zero-order valence-corrected chi connectivity index (χ0v) is 14.5. The third-order valence-electron chi connectivity index (χ3n) is 4.76. The van der Waals surface area contributed by atoms with E-state index in [-0.39, 0.29) is 0 Å². The number of halogens is 1. The summed E-state index contributed by atoms with van der Waals surface area (Å²) in [5.41, 5.74) is 3.57. The van der Waals surface area contributed by atoms with Gasteiger partial charge in [-0.2, -0.15) is 5.10 Å². The molecule has 23 heavy (non-hydrogen) atoms. The zero-order chi connectivity index (χ0) is 16.4. The van der Waals surface area contributed by atoms with E-state index in [0.29, 0.717) is 18.2 Å². The van der Waals surface area contributed by atoms with Gasteiger partial charge in [-0.25, -0.2) is 0 Å². The summed E-state index contributed by atoms with van der Waals surface area (Å²) in [6.45, 7) is 3.23. The number of nitrogens with one attached hydrogen (secondary N) is 1. The maximum Gasteiger partial charge on any atom is 0.131 e. The van der Waals surface area contributed by atoms with Crippen LogP contribution in [0.15, 0.2) is 24.3 Å². The van der Waals surface area contributed by atoms with Crippen LogP contribution in [0.4, 0.5) is 0 Å². The fourth-order valence-electron chi connectivity index (χ4n) is 3.53. The van der Waals surface area contributed by atoms with Gasteiger partial charge in [-0.1, -0.05) is 42.8 Å². The minimum atomic E-state index is -0.796. The van der Waals surface area contributed by atoms with E-state index in [9.17, 15) is 5.11 Å². The Morgan fingerprint density at radius 2 is 2.17 bits per heavy atom. The number of hydrogen-bond donors (Lipinski definition) is 2. The molecular weight excluding hydrogens is 310 g/mol. The summed E-state index contributed by atoms with van der Waals surface area (Å²) in [4.78, 5) is 0. The lowest BCUT2D eigenvalue weighted by molar-refractivity contribution is 0.0189. The molecule has 1 atom stereocenters.